The highest BCUT2D eigenvalue weighted by Crippen LogP contribution is 2.31. The second kappa shape index (κ2) is 6.74. The Kier molecular flexibility index (Phi) is 4.29. The van der Waals surface area contributed by atoms with Gasteiger partial charge in [-0.3, -0.25) is 9.78 Å². The molecule has 3 aromatic rings. The lowest BCUT2D eigenvalue weighted by Gasteiger charge is -2.09. The molecule has 0 radical (unpaired) electrons. The van der Waals surface area contributed by atoms with Crippen molar-refractivity contribution in [1.82, 2.24) is 15.3 Å². The molecule has 4 rings (SSSR count). The van der Waals surface area contributed by atoms with E-state index in [1.807, 2.05) is 35.7 Å². The zero-order chi connectivity index (χ0) is 17.2. The highest BCUT2D eigenvalue weighted by molar-refractivity contribution is 7.09. The van der Waals surface area contributed by atoms with E-state index in [9.17, 15) is 4.79 Å². The fourth-order valence-electron chi connectivity index (χ4n) is 3.20. The highest BCUT2D eigenvalue weighted by Gasteiger charge is 2.23. The summed E-state index contributed by atoms with van der Waals surface area (Å²) in [6.45, 7) is 0.421. The molecule has 1 unspecified atom stereocenters. The molecule has 1 aliphatic rings. The first-order valence-electron chi connectivity index (χ1n) is 8.23. The Morgan fingerprint density at radius 3 is 2.96 bits per heavy atom. The number of nitrogens with two attached hydrogens (primary N) is 1. The van der Waals surface area contributed by atoms with Crippen molar-refractivity contribution in [2.45, 2.75) is 25.4 Å². The summed E-state index contributed by atoms with van der Waals surface area (Å²) in [6, 6.07) is 9.69. The molecule has 0 spiro atoms. The summed E-state index contributed by atoms with van der Waals surface area (Å²) < 4.78 is 0. The van der Waals surface area contributed by atoms with Gasteiger partial charge in [0.2, 0.25) is 0 Å². The summed E-state index contributed by atoms with van der Waals surface area (Å²) in [7, 11) is 0. The number of amides is 1. The first kappa shape index (κ1) is 15.9. The van der Waals surface area contributed by atoms with E-state index in [1.54, 1.807) is 23.7 Å². The van der Waals surface area contributed by atoms with Crippen LogP contribution >= 0.6 is 11.3 Å². The van der Waals surface area contributed by atoms with Gasteiger partial charge in [0.15, 0.2) is 0 Å². The Labute approximate surface area is 149 Å². The van der Waals surface area contributed by atoms with Gasteiger partial charge in [0, 0.05) is 34.9 Å². The number of nitrogens with zero attached hydrogens (tertiary/aromatic N) is 2. The van der Waals surface area contributed by atoms with E-state index < -0.39 is 0 Å². The summed E-state index contributed by atoms with van der Waals surface area (Å²) in [6.07, 6.45) is 5.26. The Morgan fingerprint density at radius 2 is 2.12 bits per heavy atom. The Hall–Kier alpha value is -2.57. The number of carbonyl (C=O) groups is 1. The molecule has 126 valence electrons. The Balaban J connectivity index is 1.46. The predicted octanol–water partition coefficient (Wildman–Crippen LogP) is 3.08. The summed E-state index contributed by atoms with van der Waals surface area (Å²) in [5.41, 5.74) is 10.9. The van der Waals surface area contributed by atoms with Crippen molar-refractivity contribution >= 4 is 17.2 Å². The molecule has 1 atom stereocenters. The number of carbonyl (C=O) groups excluding carboxylic acids is 1. The van der Waals surface area contributed by atoms with Gasteiger partial charge in [-0.25, -0.2) is 4.98 Å². The fraction of sp³-hybridized carbons (Fsp3) is 0.211. The summed E-state index contributed by atoms with van der Waals surface area (Å²) in [4.78, 5) is 21.2. The number of pyridine rings is 1. The molecule has 1 aromatic carbocycles. The monoisotopic (exact) mass is 350 g/mol. The molecular formula is C19H18N4OS. The van der Waals surface area contributed by atoms with Crippen LogP contribution in [0.4, 0.5) is 0 Å². The number of hydrogen-bond acceptors (Lipinski definition) is 5. The normalized spacial score (nSPS) is 15.8. The number of rotatable bonds is 4. The fourth-order valence-corrected chi connectivity index (χ4v) is 3.94. The molecule has 0 saturated carbocycles. The van der Waals surface area contributed by atoms with Gasteiger partial charge in [-0.2, -0.15) is 0 Å². The van der Waals surface area contributed by atoms with Gasteiger partial charge in [-0.15, -0.1) is 11.3 Å². The van der Waals surface area contributed by atoms with Crippen molar-refractivity contribution < 1.29 is 4.79 Å². The summed E-state index contributed by atoms with van der Waals surface area (Å²) >= 11 is 1.54. The average molecular weight is 350 g/mol. The summed E-state index contributed by atoms with van der Waals surface area (Å²) in [5, 5.41) is 5.86. The van der Waals surface area contributed by atoms with Crippen molar-refractivity contribution in [3.8, 4) is 11.3 Å². The lowest BCUT2D eigenvalue weighted by atomic mass is 10.0. The van der Waals surface area contributed by atoms with Gasteiger partial charge in [-0.05, 0) is 42.2 Å². The molecule has 0 saturated heterocycles. The van der Waals surface area contributed by atoms with E-state index in [0.29, 0.717) is 6.54 Å². The first-order valence-corrected chi connectivity index (χ1v) is 9.10. The second-order valence-corrected chi connectivity index (χ2v) is 7.01. The van der Waals surface area contributed by atoms with E-state index in [-0.39, 0.29) is 11.9 Å². The molecule has 2 aromatic heterocycles. The van der Waals surface area contributed by atoms with Gasteiger partial charge < -0.3 is 11.1 Å². The number of thiazole rings is 1. The van der Waals surface area contributed by atoms with E-state index in [2.05, 4.69) is 15.3 Å². The van der Waals surface area contributed by atoms with Crippen LogP contribution < -0.4 is 11.1 Å². The van der Waals surface area contributed by atoms with Gasteiger partial charge in [0.05, 0.1) is 12.2 Å². The number of hydrogen-bond donors (Lipinski definition) is 2. The van der Waals surface area contributed by atoms with Crippen LogP contribution in [0.15, 0.2) is 48.1 Å². The second-order valence-electron chi connectivity index (χ2n) is 6.06. The third kappa shape index (κ3) is 3.18. The number of benzene rings is 1. The molecule has 0 aliphatic heterocycles. The SMILES string of the molecule is NC1CCc2c(C(=O)NCc3nc(-c4ccncc4)cs3)cccc21. The number of nitrogens with one attached hydrogen (secondary N) is 1. The third-order valence-corrected chi connectivity index (χ3v) is 5.34. The van der Waals surface area contributed by atoms with Crippen LogP contribution in [0.2, 0.25) is 0 Å². The van der Waals surface area contributed by atoms with Crippen molar-refractivity contribution in [2.75, 3.05) is 0 Å². The zero-order valence-corrected chi connectivity index (χ0v) is 14.4. The minimum absolute atomic E-state index is 0.0460. The quantitative estimate of drug-likeness (QED) is 0.758. The smallest absolute Gasteiger partial charge is 0.251 e. The van der Waals surface area contributed by atoms with Crippen LogP contribution in [0.3, 0.4) is 0 Å². The van der Waals surface area contributed by atoms with Crippen molar-refractivity contribution in [3.63, 3.8) is 0 Å². The molecule has 2 heterocycles. The standard InChI is InChI=1S/C19H18N4OS/c20-16-5-4-13-14(16)2-1-3-15(13)19(24)22-10-18-23-17(11-25-18)12-6-8-21-9-7-12/h1-3,6-9,11,16H,4-5,10,20H2,(H,22,24). The van der Waals surface area contributed by atoms with Crippen molar-refractivity contribution in [3.05, 3.63) is 69.8 Å². The summed E-state index contributed by atoms with van der Waals surface area (Å²) in [5.74, 6) is -0.0633. The van der Waals surface area contributed by atoms with E-state index in [1.165, 1.54) is 0 Å². The topological polar surface area (TPSA) is 80.9 Å². The molecule has 1 amide bonds. The van der Waals surface area contributed by atoms with Gasteiger partial charge in [0.25, 0.3) is 5.91 Å². The van der Waals surface area contributed by atoms with E-state index >= 15 is 0 Å². The van der Waals surface area contributed by atoms with Crippen LogP contribution in [0.25, 0.3) is 11.3 Å². The molecule has 1 aliphatic carbocycles. The molecular weight excluding hydrogens is 332 g/mol. The lowest BCUT2D eigenvalue weighted by Crippen LogP contribution is -2.24. The Bertz CT molecular complexity index is 907. The number of fused-ring (bicyclic) bond motifs is 1. The molecule has 0 bridgehead atoms. The number of aromatic nitrogens is 2. The van der Waals surface area contributed by atoms with Crippen molar-refractivity contribution in [2.24, 2.45) is 5.73 Å². The largest absolute Gasteiger partial charge is 0.346 e. The third-order valence-electron chi connectivity index (χ3n) is 4.49. The zero-order valence-electron chi connectivity index (χ0n) is 13.6. The molecule has 5 nitrogen and oxygen atoms in total. The predicted molar refractivity (Wildman–Crippen MR) is 98.2 cm³/mol. The average Bonchev–Trinajstić information content (AvgIpc) is 3.28. The maximum absolute atomic E-state index is 12.6. The van der Waals surface area contributed by atoms with Gasteiger partial charge in [-0.1, -0.05) is 12.1 Å². The first-order chi connectivity index (χ1) is 12.2. The molecule has 3 N–H and O–H groups in total. The lowest BCUT2D eigenvalue weighted by molar-refractivity contribution is 0.0950. The van der Waals surface area contributed by atoms with Crippen LogP contribution in [-0.2, 0) is 13.0 Å². The van der Waals surface area contributed by atoms with Crippen molar-refractivity contribution in [1.29, 1.82) is 0 Å². The molecule has 25 heavy (non-hydrogen) atoms. The van der Waals surface area contributed by atoms with Gasteiger partial charge in [0.1, 0.15) is 5.01 Å². The van der Waals surface area contributed by atoms with E-state index in [4.69, 9.17) is 5.73 Å². The highest BCUT2D eigenvalue weighted by atomic mass is 32.1. The minimum Gasteiger partial charge on any atom is -0.346 e. The molecule has 6 heteroatoms. The van der Waals surface area contributed by atoms with E-state index in [0.717, 1.165) is 45.8 Å². The van der Waals surface area contributed by atoms with Crippen LogP contribution in [0, 0.1) is 0 Å². The maximum Gasteiger partial charge on any atom is 0.251 e. The van der Waals surface area contributed by atoms with Crippen LogP contribution in [-0.4, -0.2) is 15.9 Å². The van der Waals surface area contributed by atoms with Crippen LogP contribution in [0.5, 0.6) is 0 Å². The maximum atomic E-state index is 12.6. The van der Waals surface area contributed by atoms with Gasteiger partial charge >= 0.3 is 0 Å². The Morgan fingerprint density at radius 1 is 1.28 bits per heavy atom. The minimum atomic E-state index is -0.0633. The van der Waals surface area contributed by atoms with Crippen LogP contribution in [0.1, 0.15) is 39.0 Å². The molecule has 0 fully saturated rings.